The molecule has 20 heavy (non-hydrogen) atoms. The molecule has 0 bridgehead atoms. The van der Waals surface area contributed by atoms with E-state index in [1.54, 1.807) is 0 Å². The minimum absolute atomic E-state index is 0.886. The standard InChI is InChI=1S/C17H20INO/c1-3-9-19-12-14-8-7-13(2)17(10-14)20-16-6-4-5-15(18)11-16/h4-8,10-11,19H,3,9,12H2,1-2H3. The molecule has 2 nitrogen and oxygen atoms in total. The molecule has 0 aromatic heterocycles. The summed E-state index contributed by atoms with van der Waals surface area (Å²) in [4.78, 5) is 0. The highest BCUT2D eigenvalue weighted by atomic mass is 127. The molecule has 0 saturated carbocycles. The zero-order chi connectivity index (χ0) is 14.4. The van der Waals surface area contributed by atoms with Gasteiger partial charge in [0.15, 0.2) is 0 Å². The van der Waals surface area contributed by atoms with Gasteiger partial charge in [-0.25, -0.2) is 0 Å². The van der Waals surface area contributed by atoms with Crippen LogP contribution in [0.4, 0.5) is 0 Å². The Labute approximate surface area is 134 Å². The van der Waals surface area contributed by atoms with Crippen molar-refractivity contribution in [3.8, 4) is 11.5 Å². The number of nitrogens with one attached hydrogen (secondary N) is 1. The minimum atomic E-state index is 0.886. The van der Waals surface area contributed by atoms with Crippen LogP contribution in [0.2, 0.25) is 0 Å². The quantitative estimate of drug-likeness (QED) is 0.568. The highest BCUT2D eigenvalue weighted by molar-refractivity contribution is 14.1. The van der Waals surface area contributed by atoms with E-state index in [0.29, 0.717) is 0 Å². The van der Waals surface area contributed by atoms with Gasteiger partial charge >= 0.3 is 0 Å². The van der Waals surface area contributed by atoms with Crippen LogP contribution in [0.1, 0.15) is 24.5 Å². The van der Waals surface area contributed by atoms with E-state index in [4.69, 9.17) is 4.74 Å². The molecule has 0 aliphatic heterocycles. The molecule has 2 rings (SSSR count). The van der Waals surface area contributed by atoms with Crippen molar-refractivity contribution in [3.05, 3.63) is 57.2 Å². The van der Waals surface area contributed by atoms with Gasteiger partial charge in [-0.1, -0.05) is 25.1 Å². The van der Waals surface area contributed by atoms with Crippen LogP contribution in [-0.4, -0.2) is 6.54 Å². The fourth-order valence-electron chi connectivity index (χ4n) is 1.93. The van der Waals surface area contributed by atoms with Crippen molar-refractivity contribution in [3.63, 3.8) is 0 Å². The summed E-state index contributed by atoms with van der Waals surface area (Å²) in [7, 11) is 0. The summed E-state index contributed by atoms with van der Waals surface area (Å²) in [5, 5.41) is 3.41. The predicted octanol–water partition coefficient (Wildman–Crippen LogP) is 4.89. The van der Waals surface area contributed by atoms with Gasteiger partial charge in [0.25, 0.3) is 0 Å². The first-order valence-electron chi connectivity index (χ1n) is 6.92. The Kier molecular flexibility index (Phi) is 5.86. The van der Waals surface area contributed by atoms with Crippen LogP contribution < -0.4 is 10.1 Å². The molecule has 2 aromatic carbocycles. The first-order valence-corrected chi connectivity index (χ1v) is 8.00. The molecule has 0 atom stereocenters. The number of benzene rings is 2. The molecule has 0 spiro atoms. The van der Waals surface area contributed by atoms with Crippen molar-refractivity contribution in [2.45, 2.75) is 26.8 Å². The van der Waals surface area contributed by atoms with E-state index in [1.807, 2.05) is 18.2 Å². The molecule has 0 heterocycles. The molecule has 0 aliphatic carbocycles. The first kappa shape index (κ1) is 15.3. The lowest BCUT2D eigenvalue weighted by Crippen LogP contribution is -2.13. The first-order chi connectivity index (χ1) is 9.69. The molecule has 0 saturated heterocycles. The zero-order valence-electron chi connectivity index (χ0n) is 11.9. The number of hydrogen-bond donors (Lipinski definition) is 1. The van der Waals surface area contributed by atoms with Gasteiger partial charge in [-0.3, -0.25) is 0 Å². The van der Waals surface area contributed by atoms with E-state index in [0.717, 1.165) is 36.6 Å². The summed E-state index contributed by atoms with van der Waals surface area (Å²) in [6, 6.07) is 14.5. The lowest BCUT2D eigenvalue weighted by atomic mass is 10.1. The fraction of sp³-hybridized carbons (Fsp3) is 0.294. The highest BCUT2D eigenvalue weighted by Crippen LogP contribution is 2.27. The molecule has 0 amide bonds. The normalized spacial score (nSPS) is 10.6. The summed E-state index contributed by atoms with van der Waals surface area (Å²) < 4.78 is 7.18. The molecule has 0 fully saturated rings. The van der Waals surface area contributed by atoms with Crippen molar-refractivity contribution in [1.29, 1.82) is 0 Å². The fourth-order valence-corrected chi connectivity index (χ4v) is 2.45. The predicted molar refractivity (Wildman–Crippen MR) is 92.4 cm³/mol. The number of aryl methyl sites for hydroxylation is 1. The maximum absolute atomic E-state index is 6.00. The van der Waals surface area contributed by atoms with E-state index in [1.165, 1.54) is 9.13 Å². The van der Waals surface area contributed by atoms with Gasteiger partial charge in [-0.2, -0.15) is 0 Å². The van der Waals surface area contributed by atoms with Crippen LogP contribution in [0.5, 0.6) is 11.5 Å². The lowest BCUT2D eigenvalue weighted by molar-refractivity contribution is 0.477. The Morgan fingerprint density at radius 2 is 2.00 bits per heavy atom. The summed E-state index contributed by atoms with van der Waals surface area (Å²) in [6.45, 7) is 6.18. The Morgan fingerprint density at radius 1 is 1.15 bits per heavy atom. The van der Waals surface area contributed by atoms with E-state index >= 15 is 0 Å². The maximum Gasteiger partial charge on any atom is 0.130 e. The second-order valence-corrected chi connectivity index (χ2v) is 6.08. The summed E-state index contributed by atoms with van der Waals surface area (Å²) in [5.74, 6) is 1.82. The Bertz CT molecular complexity index is 569. The van der Waals surface area contributed by atoms with Crippen LogP contribution in [0.15, 0.2) is 42.5 Å². The zero-order valence-corrected chi connectivity index (χ0v) is 14.1. The van der Waals surface area contributed by atoms with Crippen LogP contribution in [0.25, 0.3) is 0 Å². The third kappa shape index (κ3) is 4.49. The average Bonchev–Trinajstić information content (AvgIpc) is 2.43. The van der Waals surface area contributed by atoms with Gasteiger partial charge in [0, 0.05) is 10.1 Å². The van der Waals surface area contributed by atoms with Crippen molar-refractivity contribution < 1.29 is 4.74 Å². The smallest absolute Gasteiger partial charge is 0.130 e. The second kappa shape index (κ2) is 7.64. The molecule has 2 aromatic rings. The topological polar surface area (TPSA) is 21.3 Å². The van der Waals surface area contributed by atoms with Crippen molar-refractivity contribution >= 4 is 22.6 Å². The van der Waals surface area contributed by atoms with Gasteiger partial charge in [0.05, 0.1) is 0 Å². The Hall–Kier alpha value is -1.07. The lowest BCUT2D eigenvalue weighted by Gasteiger charge is -2.11. The largest absolute Gasteiger partial charge is 0.457 e. The minimum Gasteiger partial charge on any atom is -0.457 e. The van der Waals surface area contributed by atoms with Gasteiger partial charge in [-0.15, -0.1) is 0 Å². The molecule has 3 heteroatoms. The summed E-state index contributed by atoms with van der Waals surface area (Å²) >= 11 is 2.30. The average molecular weight is 381 g/mol. The van der Waals surface area contributed by atoms with Crippen LogP contribution in [0, 0.1) is 10.5 Å². The van der Waals surface area contributed by atoms with E-state index < -0.39 is 0 Å². The highest BCUT2D eigenvalue weighted by Gasteiger charge is 2.04. The van der Waals surface area contributed by atoms with Crippen LogP contribution in [-0.2, 0) is 6.54 Å². The molecule has 0 radical (unpaired) electrons. The number of hydrogen-bond acceptors (Lipinski definition) is 2. The van der Waals surface area contributed by atoms with Crippen molar-refractivity contribution in [2.75, 3.05) is 6.54 Å². The number of ether oxygens (including phenoxy) is 1. The van der Waals surface area contributed by atoms with Gasteiger partial charge < -0.3 is 10.1 Å². The Balaban J connectivity index is 2.12. The second-order valence-electron chi connectivity index (χ2n) is 4.84. The van der Waals surface area contributed by atoms with E-state index in [9.17, 15) is 0 Å². The van der Waals surface area contributed by atoms with E-state index in [-0.39, 0.29) is 0 Å². The Morgan fingerprint density at radius 3 is 2.75 bits per heavy atom. The molecule has 0 unspecified atom stereocenters. The molecule has 106 valence electrons. The molecule has 0 aliphatic rings. The molecular weight excluding hydrogens is 361 g/mol. The number of rotatable bonds is 6. The van der Waals surface area contributed by atoms with Crippen molar-refractivity contribution in [1.82, 2.24) is 5.32 Å². The van der Waals surface area contributed by atoms with Gasteiger partial charge in [0.1, 0.15) is 11.5 Å². The third-order valence-electron chi connectivity index (χ3n) is 3.03. The van der Waals surface area contributed by atoms with Crippen LogP contribution >= 0.6 is 22.6 Å². The van der Waals surface area contributed by atoms with Crippen molar-refractivity contribution in [2.24, 2.45) is 0 Å². The monoisotopic (exact) mass is 381 g/mol. The molecular formula is C17H20INO. The van der Waals surface area contributed by atoms with E-state index in [2.05, 4.69) is 66.0 Å². The SMILES string of the molecule is CCCNCc1ccc(C)c(Oc2cccc(I)c2)c1. The molecule has 1 N–H and O–H groups in total. The third-order valence-corrected chi connectivity index (χ3v) is 3.70. The van der Waals surface area contributed by atoms with Gasteiger partial charge in [-0.05, 0) is 77.9 Å². The van der Waals surface area contributed by atoms with Gasteiger partial charge in [0.2, 0.25) is 0 Å². The van der Waals surface area contributed by atoms with Crippen LogP contribution in [0.3, 0.4) is 0 Å². The maximum atomic E-state index is 6.00. The summed E-state index contributed by atoms with van der Waals surface area (Å²) in [5.41, 5.74) is 2.41. The number of halogens is 1. The summed E-state index contributed by atoms with van der Waals surface area (Å²) in [6.07, 6.45) is 1.15.